The minimum absolute atomic E-state index is 0.110. The molecule has 36 heavy (non-hydrogen) atoms. The van der Waals surface area contributed by atoms with Gasteiger partial charge in [-0.1, -0.05) is 73.9 Å². The largest absolute Gasteiger partial charge is 0.493 e. The first-order valence-corrected chi connectivity index (χ1v) is 12.7. The van der Waals surface area contributed by atoms with Crippen LogP contribution in [0.4, 0.5) is 0 Å². The lowest BCUT2D eigenvalue weighted by Gasteiger charge is -2.27. The number of rotatable bonds is 10. The standard InChI is InChI=1S/C31H35NO4/c1-4-5-9-17-35-29-15-13-23(21-30(29)34-3)20-25(24-10-7-6-8-11-24)31(33)32-27-16-18-36-28-14-12-22(2)19-26(27)28/h6-8,10-15,19-21,27H,4-5,9,16-18H2,1-3H3,(H,32,33)/b25-20+. The Balaban J connectivity index is 1.61. The lowest BCUT2D eigenvalue weighted by Crippen LogP contribution is -2.32. The molecule has 3 aromatic carbocycles. The number of ether oxygens (including phenoxy) is 3. The highest BCUT2D eigenvalue weighted by Crippen LogP contribution is 2.34. The fourth-order valence-electron chi connectivity index (χ4n) is 4.39. The van der Waals surface area contributed by atoms with Crippen molar-refractivity contribution in [3.8, 4) is 17.2 Å². The Labute approximate surface area is 214 Å². The smallest absolute Gasteiger partial charge is 0.252 e. The molecule has 0 bridgehead atoms. The third-order valence-corrected chi connectivity index (χ3v) is 6.34. The fourth-order valence-corrected chi connectivity index (χ4v) is 4.39. The molecule has 5 nitrogen and oxygen atoms in total. The van der Waals surface area contributed by atoms with Crippen molar-refractivity contribution < 1.29 is 19.0 Å². The van der Waals surface area contributed by atoms with Crippen LogP contribution < -0.4 is 19.5 Å². The van der Waals surface area contributed by atoms with E-state index in [1.165, 1.54) is 0 Å². The van der Waals surface area contributed by atoms with Crippen LogP contribution in [0, 0.1) is 6.92 Å². The van der Waals surface area contributed by atoms with Gasteiger partial charge >= 0.3 is 0 Å². The first kappa shape index (κ1) is 25.4. The molecular formula is C31H35NO4. The predicted molar refractivity (Wildman–Crippen MR) is 145 cm³/mol. The Kier molecular flexibility index (Phi) is 8.66. The first-order chi connectivity index (χ1) is 17.6. The molecule has 0 saturated heterocycles. The van der Waals surface area contributed by atoms with Gasteiger partial charge in [0.05, 0.1) is 26.4 Å². The van der Waals surface area contributed by atoms with E-state index < -0.39 is 0 Å². The van der Waals surface area contributed by atoms with E-state index >= 15 is 0 Å². The van der Waals surface area contributed by atoms with Crippen LogP contribution in [-0.4, -0.2) is 26.2 Å². The molecule has 1 amide bonds. The van der Waals surface area contributed by atoms with Gasteiger partial charge < -0.3 is 19.5 Å². The minimum Gasteiger partial charge on any atom is -0.493 e. The van der Waals surface area contributed by atoms with E-state index in [-0.39, 0.29) is 11.9 Å². The molecule has 1 heterocycles. The van der Waals surface area contributed by atoms with Gasteiger partial charge in [-0.15, -0.1) is 0 Å². The van der Waals surface area contributed by atoms with Crippen molar-refractivity contribution in [1.82, 2.24) is 5.32 Å². The van der Waals surface area contributed by atoms with Crippen molar-refractivity contribution in [3.05, 3.63) is 89.0 Å². The number of carbonyl (C=O) groups is 1. The Bertz CT molecular complexity index is 1200. The van der Waals surface area contributed by atoms with Gasteiger partial charge in [-0.25, -0.2) is 0 Å². The topological polar surface area (TPSA) is 56.8 Å². The monoisotopic (exact) mass is 485 g/mol. The van der Waals surface area contributed by atoms with Gasteiger partial charge in [-0.3, -0.25) is 4.79 Å². The average molecular weight is 486 g/mol. The number of carbonyl (C=O) groups excluding carboxylic acids is 1. The van der Waals surface area contributed by atoms with Gasteiger partial charge in [0.2, 0.25) is 0 Å². The lowest BCUT2D eigenvalue weighted by atomic mass is 9.96. The molecule has 4 rings (SSSR count). The first-order valence-electron chi connectivity index (χ1n) is 12.7. The highest BCUT2D eigenvalue weighted by Gasteiger charge is 2.25. The summed E-state index contributed by atoms with van der Waals surface area (Å²) in [5, 5.41) is 3.26. The maximum Gasteiger partial charge on any atom is 0.252 e. The number of aryl methyl sites for hydroxylation is 1. The van der Waals surface area contributed by atoms with Gasteiger partial charge in [0, 0.05) is 17.6 Å². The summed E-state index contributed by atoms with van der Waals surface area (Å²) in [5.74, 6) is 2.08. The van der Waals surface area contributed by atoms with Crippen LogP contribution >= 0.6 is 0 Å². The molecule has 0 saturated carbocycles. The zero-order valence-electron chi connectivity index (χ0n) is 21.4. The maximum atomic E-state index is 13.7. The quantitative estimate of drug-likeness (QED) is 0.196. The van der Waals surface area contributed by atoms with Crippen molar-refractivity contribution >= 4 is 17.6 Å². The van der Waals surface area contributed by atoms with Crippen LogP contribution in [0.5, 0.6) is 17.2 Å². The summed E-state index contributed by atoms with van der Waals surface area (Å²) in [7, 11) is 1.64. The summed E-state index contributed by atoms with van der Waals surface area (Å²) in [5.41, 5.74) is 4.47. The second-order valence-electron chi connectivity index (χ2n) is 9.09. The summed E-state index contributed by atoms with van der Waals surface area (Å²) in [6, 6.07) is 21.5. The van der Waals surface area contributed by atoms with Gasteiger partial charge in [-0.2, -0.15) is 0 Å². The SMILES string of the molecule is CCCCCOc1ccc(/C=C(/C(=O)NC2CCOc3ccc(C)cc32)c2ccccc2)cc1OC. The van der Waals surface area contributed by atoms with Gasteiger partial charge in [0.15, 0.2) is 11.5 Å². The van der Waals surface area contributed by atoms with Crippen molar-refractivity contribution in [1.29, 1.82) is 0 Å². The summed E-state index contributed by atoms with van der Waals surface area (Å²) >= 11 is 0. The van der Waals surface area contributed by atoms with E-state index in [9.17, 15) is 4.79 Å². The third kappa shape index (κ3) is 6.28. The molecule has 188 valence electrons. The summed E-state index contributed by atoms with van der Waals surface area (Å²) in [6.45, 7) is 5.45. The Morgan fingerprint density at radius 1 is 1.06 bits per heavy atom. The number of nitrogens with one attached hydrogen (secondary N) is 1. The van der Waals surface area contributed by atoms with Crippen LogP contribution in [0.1, 0.15) is 60.9 Å². The van der Waals surface area contributed by atoms with E-state index in [2.05, 4.69) is 18.3 Å². The second-order valence-corrected chi connectivity index (χ2v) is 9.09. The van der Waals surface area contributed by atoms with Crippen LogP contribution in [0.15, 0.2) is 66.7 Å². The third-order valence-electron chi connectivity index (χ3n) is 6.34. The van der Waals surface area contributed by atoms with Crippen LogP contribution in [0.25, 0.3) is 11.6 Å². The normalized spacial score (nSPS) is 15.0. The molecule has 1 N–H and O–H groups in total. The van der Waals surface area contributed by atoms with Gasteiger partial charge in [-0.05, 0) is 48.7 Å². The van der Waals surface area contributed by atoms with Crippen LogP contribution in [0.3, 0.4) is 0 Å². The number of benzene rings is 3. The fraction of sp³-hybridized carbons (Fsp3) is 0.323. The molecule has 1 aliphatic rings. The molecule has 0 spiro atoms. The zero-order chi connectivity index (χ0) is 25.3. The summed E-state index contributed by atoms with van der Waals surface area (Å²) in [6.07, 6.45) is 5.92. The van der Waals surface area contributed by atoms with E-state index in [4.69, 9.17) is 14.2 Å². The number of amides is 1. The lowest BCUT2D eigenvalue weighted by molar-refractivity contribution is -0.116. The molecule has 1 aliphatic heterocycles. The second kappa shape index (κ2) is 12.3. The number of hydrogen-bond donors (Lipinski definition) is 1. The number of methoxy groups -OCH3 is 1. The van der Waals surface area contributed by atoms with Crippen LogP contribution in [0.2, 0.25) is 0 Å². The Hall–Kier alpha value is -3.73. The van der Waals surface area contributed by atoms with Crippen molar-refractivity contribution in [2.45, 2.75) is 45.6 Å². The van der Waals surface area contributed by atoms with Gasteiger partial charge in [0.25, 0.3) is 5.91 Å². The highest BCUT2D eigenvalue weighted by atomic mass is 16.5. The van der Waals surface area contributed by atoms with E-state index in [0.29, 0.717) is 30.3 Å². The van der Waals surface area contributed by atoms with E-state index in [1.54, 1.807) is 7.11 Å². The summed E-state index contributed by atoms with van der Waals surface area (Å²) in [4.78, 5) is 13.7. The molecule has 0 radical (unpaired) electrons. The van der Waals surface area contributed by atoms with Crippen LogP contribution in [-0.2, 0) is 4.79 Å². The van der Waals surface area contributed by atoms with Crippen molar-refractivity contribution in [2.75, 3.05) is 20.3 Å². The summed E-state index contributed by atoms with van der Waals surface area (Å²) < 4.78 is 17.3. The predicted octanol–water partition coefficient (Wildman–Crippen LogP) is 6.75. The maximum absolute atomic E-state index is 13.7. The zero-order valence-corrected chi connectivity index (χ0v) is 21.4. The number of hydrogen-bond acceptors (Lipinski definition) is 4. The molecular weight excluding hydrogens is 450 g/mol. The van der Waals surface area contributed by atoms with Crippen molar-refractivity contribution in [3.63, 3.8) is 0 Å². The van der Waals surface area contributed by atoms with Gasteiger partial charge in [0.1, 0.15) is 5.75 Å². The highest BCUT2D eigenvalue weighted by molar-refractivity contribution is 6.24. The molecule has 0 aliphatic carbocycles. The molecule has 0 fully saturated rings. The molecule has 5 heteroatoms. The molecule has 0 aromatic heterocycles. The van der Waals surface area contributed by atoms with Crippen molar-refractivity contribution in [2.24, 2.45) is 0 Å². The number of unbranched alkanes of at least 4 members (excludes halogenated alkanes) is 2. The Morgan fingerprint density at radius 2 is 1.89 bits per heavy atom. The van der Waals surface area contributed by atoms with E-state index in [0.717, 1.165) is 53.7 Å². The molecule has 1 atom stereocenters. The average Bonchev–Trinajstić information content (AvgIpc) is 2.91. The molecule has 3 aromatic rings. The van der Waals surface area contributed by atoms with E-state index in [1.807, 2.05) is 73.7 Å². The minimum atomic E-state index is -0.126. The Morgan fingerprint density at radius 3 is 2.67 bits per heavy atom. The number of fused-ring (bicyclic) bond motifs is 1. The molecule has 1 unspecified atom stereocenters.